The highest BCUT2D eigenvalue weighted by atomic mass is 16.5. The van der Waals surface area contributed by atoms with Crippen LogP contribution in [0.1, 0.15) is 6.42 Å². The van der Waals surface area contributed by atoms with Crippen molar-refractivity contribution in [1.29, 1.82) is 0 Å². The van der Waals surface area contributed by atoms with Crippen LogP contribution in [0.5, 0.6) is 0 Å². The lowest BCUT2D eigenvalue weighted by molar-refractivity contribution is -0.149. The van der Waals surface area contributed by atoms with Crippen LogP contribution in [-0.4, -0.2) is 61.4 Å². The van der Waals surface area contributed by atoms with Gasteiger partial charge in [0, 0.05) is 27.2 Å². The molecule has 0 aromatic heterocycles. The first-order valence-corrected chi connectivity index (χ1v) is 4.64. The van der Waals surface area contributed by atoms with Gasteiger partial charge in [0.25, 0.3) is 0 Å². The number of carboxylic acid groups (broad SMARTS) is 1. The summed E-state index contributed by atoms with van der Waals surface area (Å²) in [6, 6.07) is -0.794. The normalized spacial score (nSPS) is 25.6. The Morgan fingerprint density at radius 3 is 2.60 bits per heavy atom. The Kier molecular flexibility index (Phi) is 4.05. The summed E-state index contributed by atoms with van der Waals surface area (Å²) in [5.41, 5.74) is 0. The van der Waals surface area contributed by atoms with Crippen molar-refractivity contribution in [3.8, 4) is 0 Å². The molecule has 0 aromatic rings. The number of likely N-dealkylation sites (tertiary alicyclic amines) is 1. The average Bonchev–Trinajstić information content (AvgIpc) is 2.61. The van der Waals surface area contributed by atoms with E-state index >= 15 is 0 Å². The summed E-state index contributed by atoms with van der Waals surface area (Å²) >= 11 is 0. The molecule has 0 spiro atoms. The molecule has 2 atom stereocenters. The fourth-order valence-corrected chi connectivity index (χ4v) is 1.68. The van der Waals surface area contributed by atoms with Crippen molar-refractivity contribution in [3.63, 3.8) is 0 Å². The van der Waals surface area contributed by atoms with Crippen molar-refractivity contribution in [2.24, 2.45) is 0 Å². The lowest BCUT2D eigenvalue weighted by Crippen LogP contribution is -2.42. The second-order valence-corrected chi connectivity index (χ2v) is 3.43. The predicted octanol–water partition coefficient (Wildman–Crippen LogP) is -0.667. The van der Waals surface area contributed by atoms with Crippen LogP contribution in [-0.2, 0) is 19.1 Å². The summed E-state index contributed by atoms with van der Waals surface area (Å²) < 4.78 is 9.74. The summed E-state index contributed by atoms with van der Waals surface area (Å²) in [6.07, 6.45) is 0.133. The minimum atomic E-state index is -1.00. The maximum atomic E-state index is 11.5. The zero-order valence-electron chi connectivity index (χ0n) is 8.80. The van der Waals surface area contributed by atoms with E-state index in [4.69, 9.17) is 9.84 Å². The van der Waals surface area contributed by atoms with Crippen molar-refractivity contribution in [3.05, 3.63) is 0 Å². The molecule has 1 aliphatic rings. The lowest BCUT2D eigenvalue weighted by atomic mass is 10.2. The van der Waals surface area contributed by atoms with Gasteiger partial charge >= 0.3 is 5.97 Å². The summed E-state index contributed by atoms with van der Waals surface area (Å²) in [5.74, 6) is -1.32. The molecule has 0 radical (unpaired) electrons. The summed E-state index contributed by atoms with van der Waals surface area (Å²) in [7, 11) is 2.91. The maximum absolute atomic E-state index is 11.5. The number of ether oxygens (including phenoxy) is 2. The molecular formula is C9H15NO5. The number of methoxy groups -OCH3 is 2. The van der Waals surface area contributed by atoms with Crippen molar-refractivity contribution < 1.29 is 24.2 Å². The molecule has 1 fully saturated rings. The summed E-state index contributed by atoms with van der Waals surface area (Å²) in [4.78, 5) is 23.7. The molecule has 0 aliphatic carbocycles. The van der Waals surface area contributed by atoms with Crippen LogP contribution < -0.4 is 0 Å². The van der Waals surface area contributed by atoms with E-state index in [0.29, 0.717) is 13.0 Å². The molecule has 0 aromatic carbocycles. The molecule has 1 amide bonds. The highest BCUT2D eigenvalue weighted by Gasteiger charge is 2.39. The van der Waals surface area contributed by atoms with Gasteiger partial charge in [-0.25, -0.2) is 4.79 Å². The number of rotatable bonds is 4. The van der Waals surface area contributed by atoms with E-state index in [1.165, 1.54) is 19.1 Å². The van der Waals surface area contributed by atoms with E-state index in [9.17, 15) is 9.59 Å². The van der Waals surface area contributed by atoms with Crippen LogP contribution in [0.2, 0.25) is 0 Å². The third-order valence-corrected chi connectivity index (χ3v) is 2.47. The van der Waals surface area contributed by atoms with Gasteiger partial charge in [-0.15, -0.1) is 0 Å². The SMILES string of the molecule is COCC(=O)N1CC(OC)CC1C(=O)O. The first-order valence-electron chi connectivity index (χ1n) is 4.64. The number of hydrogen-bond acceptors (Lipinski definition) is 4. The highest BCUT2D eigenvalue weighted by molar-refractivity contribution is 5.85. The number of amides is 1. The van der Waals surface area contributed by atoms with Crippen molar-refractivity contribution in [2.45, 2.75) is 18.6 Å². The molecule has 0 bridgehead atoms. The van der Waals surface area contributed by atoms with Crippen LogP contribution >= 0.6 is 0 Å². The number of hydrogen-bond donors (Lipinski definition) is 1. The van der Waals surface area contributed by atoms with Crippen molar-refractivity contribution >= 4 is 11.9 Å². The van der Waals surface area contributed by atoms with E-state index in [0.717, 1.165) is 0 Å². The van der Waals surface area contributed by atoms with Gasteiger partial charge in [-0.2, -0.15) is 0 Å². The van der Waals surface area contributed by atoms with Gasteiger partial charge in [0.2, 0.25) is 5.91 Å². The van der Waals surface area contributed by atoms with Crippen molar-refractivity contribution in [2.75, 3.05) is 27.4 Å². The Morgan fingerprint density at radius 1 is 1.47 bits per heavy atom. The number of aliphatic carboxylic acids is 1. The molecular weight excluding hydrogens is 202 g/mol. The molecule has 1 aliphatic heterocycles. The quantitative estimate of drug-likeness (QED) is 0.676. The zero-order chi connectivity index (χ0) is 11.4. The fourth-order valence-electron chi connectivity index (χ4n) is 1.68. The second kappa shape index (κ2) is 5.09. The Morgan fingerprint density at radius 2 is 2.13 bits per heavy atom. The van der Waals surface area contributed by atoms with Gasteiger partial charge < -0.3 is 19.5 Å². The Hall–Kier alpha value is -1.14. The number of nitrogens with zero attached hydrogens (tertiary/aromatic N) is 1. The topological polar surface area (TPSA) is 76.1 Å². The molecule has 2 unspecified atom stereocenters. The Balaban J connectivity index is 2.68. The van der Waals surface area contributed by atoms with Gasteiger partial charge in [-0.1, -0.05) is 0 Å². The monoisotopic (exact) mass is 217 g/mol. The molecule has 6 heteroatoms. The Labute approximate surface area is 87.8 Å². The van der Waals surface area contributed by atoms with E-state index < -0.39 is 12.0 Å². The Bertz CT molecular complexity index is 255. The van der Waals surface area contributed by atoms with Crippen LogP contribution in [0, 0.1) is 0 Å². The molecule has 1 heterocycles. The molecule has 1 saturated heterocycles. The molecule has 0 saturated carbocycles. The average molecular weight is 217 g/mol. The van der Waals surface area contributed by atoms with Gasteiger partial charge in [-0.3, -0.25) is 4.79 Å². The van der Waals surface area contributed by atoms with E-state index in [2.05, 4.69) is 4.74 Å². The van der Waals surface area contributed by atoms with Crippen LogP contribution in [0.4, 0.5) is 0 Å². The van der Waals surface area contributed by atoms with Gasteiger partial charge in [0.15, 0.2) is 0 Å². The molecule has 15 heavy (non-hydrogen) atoms. The first kappa shape index (κ1) is 11.9. The largest absolute Gasteiger partial charge is 0.480 e. The fraction of sp³-hybridized carbons (Fsp3) is 0.778. The van der Waals surface area contributed by atoms with Crippen LogP contribution in [0.3, 0.4) is 0 Å². The van der Waals surface area contributed by atoms with Crippen molar-refractivity contribution in [1.82, 2.24) is 4.90 Å². The summed E-state index contributed by atoms with van der Waals surface area (Å²) in [6.45, 7) is 0.218. The molecule has 1 rings (SSSR count). The van der Waals surface area contributed by atoms with E-state index in [1.54, 1.807) is 0 Å². The van der Waals surface area contributed by atoms with Crippen LogP contribution in [0.15, 0.2) is 0 Å². The third kappa shape index (κ3) is 2.66. The van der Waals surface area contributed by atoms with Crippen LogP contribution in [0.25, 0.3) is 0 Å². The highest BCUT2D eigenvalue weighted by Crippen LogP contribution is 2.20. The zero-order valence-corrected chi connectivity index (χ0v) is 8.80. The number of carbonyl (C=O) groups is 2. The van der Waals surface area contributed by atoms with E-state index in [-0.39, 0.29) is 18.6 Å². The number of carbonyl (C=O) groups excluding carboxylic acids is 1. The van der Waals surface area contributed by atoms with Gasteiger partial charge in [0.1, 0.15) is 12.6 Å². The van der Waals surface area contributed by atoms with Gasteiger partial charge in [-0.05, 0) is 0 Å². The van der Waals surface area contributed by atoms with E-state index in [1.807, 2.05) is 0 Å². The van der Waals surface area contributed by atoms with Gasteiger partial charge in [0.05, 0.1) is 6.10 Å². The molecule has 86 valence electrons. The predicted molar refractivity (Wildman–Crippen MR) is 50.4 cm³/mol. The second-order valence-electron chi connectivity index (χ2n) is 3.43. The number of carboxylic acids is 1. The maximum Gasteiger partial charge on any atom is 0.326 e. The minimum absolute atomic E-state index is 0.0970. The lowest BCUT2D eigenvalue weighted by Gasteiger charge is -2.20. The standard InChI is InChI=1S/C9H15NO5/c1-14-5-8(11)10-4-6(15-2)3-7(10)9(12)13/h6-7H,3-5H2,1-2H3,(H,12,13). The first-order chi connectivity index (χ1) is 7.10. The molecule has 6 nitrogen and oxygen atoms in total. The molecule has 1 N–H and O–H groups in total. The summed E-state index contributed by atoms with van der Waals surface area (Å²) in [5, 5.41) is 8.92. The minimum Gasteiger partial charge on any atom is -0.480 e. The smallest absolute Gasteiger partial charge is 0.326 e. The third-order valence-electron chi connectivity index (χ3n) is 2.47.